The van der Waals surface area contributed by atoms with Crippen molar-refractivity contribution in [2.45, 2.75) is 51.9 Å². The van der Waals surface area contributed by atoms with Crippen molar-refractivity contribution in [3.8, 4) is 0 Å². The zero-order valence-corrected chi connectivity index (χ0v) is 14.2. The van der Waals surface area contributed by atoms with E-state index in [-0.39, 0.29) is 11.5 Å². The molecule has 0 amide bonds. The number of allylic oxidation sites excluding steroid dienone is 2. The van der Waals surface area contributed by atoms with E-state index in [1.54, 1.807) is 24.3 Å². The van der Waals surface area contributed by atoms with E-state index in [2.05, 4.69) is 26.8 Å². The summed E-state index contributed by atoms with van der Waals surface area (Å²) in [6.45, 7) is 8.46. The number of benzene rings is 1. The van der Waals surface area contributed by atoms with E-state index in [0.717, 1.165) is 24.8 Å². The normalized spacial score (nSPS) is 13.0. The van der Waals surface area contributed by atoms with Crippen LogP contribution in [-0.2, 0) is 14.3 Å². The van der Waals surface area contributed by atoms with Gasteiger partial charge in [-0.25, -0.2) is 0 Å². The van der Waals surface area contributed by atoms with Crippen LogP contribution in [0, 0.1) is 12.8 Å². The predicted molar refractivity (Wildman–Crippen MR) is 86.8 cm³/mol. The largest absolute Gasteiger partial charge is 0.296 e. The molecule has 0 aliphatic rings. The Bertz CT molecular complexity index is 552. The smallest absolute Gasteiger partial charge is 0.266 e. The summed E-state index contributed by atoms with van der Waals surface area (Å²) in [5.41, 5.74) is 2.35. The minimum Gasteiger partial charge on any atom is -0.266 e. The third-order valence-corrected chi connectivity index (χ3v) is 4.70. The van der Waals surface area contributed by atoms with Gasteiger partial charge in [0.15, 0.2) is 0 Å². The van der Waals surface area contributed by atoms with Crippen molar-refractivity contribution >= 4 is 10.1 Å². The molecule has 0 aliphatic carbocycles. The molecular weight excluding hydrogens is 284 g/mol. The van der Waals surface area contributed by atoms with Crippen molar-refractivity contribution in [3.63, 3.8) is 0 Å². The monoisotopic (exact) mass is 310 g/mol. The highest BCUT2D eigenvalue weighted by Gasteiger charge is 2.15. The van der Waals surface area contributed by atoms with Gasteiger partial charge >= 0.3 is 0 Å². The van der Waals surface area contributed by atoms with Crippen LogP contribution in [0.15, 0.2) is 40.8 Å². The zero-order valence-electron chi connectivity index (χ0n) is 13.4. The molecule has 118 valence electrons. The van der Waals surface area contributed by atoms with Gasteiger partial charge in [0.2, 0.25) is 0 Å². The second-order valence-electron chi connectivity index (χ2n) is 5.84. The maximum absolute atomic E-state index is 12.0. The fraction of sp³-hybridized carbons (Fsp3) is 0.529. The van der Waals surface area contributed by atoms with E-state index < -0.39 is 10.1 Å². The zero-order chi connectivity index (χ0) is 15.9. The Morgan fingerprint density at radius 1 is 1.19 bits per heavy atom. The van der Waals surface area contributed by atoms with Crippen molar-refractivity contribution in [1.29, 1.82) is 0 Å². The molecule has 21 heavy (non-hydrogen) atoms. The van der Waals surface area contributed by atoms with Gasteiger partial charge in [-0.15, -0.1) is 0 Å². The van der Waals surface area contributed by atoms with Crippen LogP contribution in [0.4, 0.5) is 0 Å². The maximum atomic E-state index is 12.0. The van der Waals surface area contributed by atoms with Gasteiger partial charge in [-0.05, 0) is 58.1 Å². The average Bonchev–Trinajstić information content (AvgIpc) is 2.38. The Morgan fingerprint density at radius 2 is 1.81 bits per heavy atom. The van der Waals surface area contributed by atoms with Crippen molar-refractivity contribution in [1.82, 2.24) is 0 Å². The van der Waals surface area contributed by atoms with Crippen molar-refractivity contribution in [2.24, 2.45) is 5.92 Å². The molecule has 0 saturated carbocycles. The van der Waals surface area contributed by atoms with Gasteiger partial charge in [0.05, 0.1) is 11.5 Å². The number of rotatable bonds is 8. The van der Waals surface area contributed by atoms with Gasteiger partial charge in [0.1, 0.15) is 0 Å². The van der Waals surface area contributed by atoms with E-state index in [9.17, 15) is 8.42 Å². The molecule has 1 rings (SSSR count). The molecule has 3 nitrogen and oxygen atoms in total. The molecule has 1 atom stereocenters. The standard InChI is InChI=1S/C17H26O3S/c1-14(2)6-5-7-15(3)12-13-20-21(18,19)17-10-8-16(4)9-11-17/h6,8-11,15H,5,7,12-13H2,1-4H3/t15-/m1/s1. The predicted octanol–water partition coefficient (Wildman–Crippen LogP) is 4.47. The van der Waals surface area contributed by atoms with Gasteiger partial charge in [0.25, 0.3) is 10.1 Å². The molecule has 0 heterocycles. The van der Waals surface area contributed by atoms with Crippen LogP contribution >= 0.6 is 0 Å². The molecule has 0 N–H and O–H groups in total. The molecule has 0 fully saturated rings. The Hall–Kier alpha value is -1.13. The number of aryl methyl sites for hydroxylation is 1. The molecular formula is C17H26O3S. The van der Waals surface area contributed by atoms with Crippen LogP contribution in [0.5, 0.6) is 0 Å². The highest BCUT2D eigenvalue weighted by Crippen LogP contribution is 2.16. The molecule has 1 aromatic carbocycles. The van der Waals surface area contributed by atoms with Crippen molar-refractivity contribution < 1.29 is 12.6 Å². The minimum absolute atomic E-state index is 0.227. The van der Waals surface area contributed by atoms with Gasteiger partial charge in [0, 0.05) is 0 Å². The summed E-state index contributed by atoms with van der Waals surface area (Å²) in [7, 11) is -3.62. The van der Waals surface area contributed by atoms with Crippen LogP contribution in [0.25, 0.3) is 0 Å². The summed E-state index contributed by atoms with van der Waals surface area (Å²) < 4.78 is 29.1. The lowest BCUT2D eigenvalue weighted by Crippen LogP contribution is -2.10. The maximum Gasteiger partial charge on any atom is 0.296 e. The molecule has 0 radical (unpaired) electrons. The Kier molecular flexibility index (Phi) is 7.12. The summed E-state index contributed by atoms with van der Waals surface area (Å²) in [6, 6.07) is 6.72. The van der Waals surface area contributed by atoms with E-state index in [0.29, 0.717) is 5.92 Å². The van der Waals surface area contributed by atoms with E-state index in [4.69, 9.17) is 4.18 Å². The van der Waals surface area contributed by atoms with Gasteiger partial charge < -0.3 is 0 Å². The number of hydrogen-bond donors (Lipinski definition) is 0. The third-order valence-electron chi connectivity index (χ3n) is 3.37. The van der Waals surface area contributed by atoms with Crippen LogP contribution in [-0.4, -0.2) is 15.0 Å². The SMILES string of the molecule is CC(C)=CCC[C@@H](C)CCOS(=O)(=O)c1ccc(C)cc1. The molecule has 0 saturated heterocycles. The first kappa shape index (κ1) is 17.9. The summed E-state index contributed by atoms with van der Waals surface area (Å²) in [5, 5.41) is 0. The Balaban J connectivity index is 2.40. The third kappa shape index (κ3) is 6.91. The average molecular weight is 310 g/mol. The summed E-state index contributed by atoms with van der Waals surface area (Å²) in [5.74, 6) is 0.453. The second-order valence-corrected chi connectivity index (χ2v) is 7.46. The first-order valence-electron chi connectivity index (χ1n) is 7.40. The molecule has 0 bridgehead atoms. The molecule has 0 aliphatic heterocycles. The lowest BCUT2D eigenvalue weighted by molar-refractivity contribution is 0.283. The van der Waals surface area contributed by atoms with Gasteiger partial charge in [-0.3, -0.25) is 4.18 Å². The lowest BCUT2D eigenvalue weighted by Gasteiger charge is -2.11. The number of hydrogen-bond acceptors (Lipinski definition) is 3. The van der Waals surface area contributed by atoms with Crippen LogP contribution < -0.4 is 0 Å². The second kappa shape index (κ2) is 8.35. The summed E-state index contributed by atoms with van der Waals surface area (Å²) in [4.78, 5) is 0.227. The van der Waals surface area contributed by atoms with E-state index >= 15 is 0 Å². The molecule has 0 unspecified atom stereocenters. The van der Waals surface area contributed by atoms with Crippen molar-refractivity contribution in [3.05, 3.63) is 41.5 Å². The summed E-state index contributed by atoms with van der Waals surface area (Å²) >= 11 is 0. The molecule has 4 heteroatoms. The van der Waals surface area contributed by atoms with Crippen LogP contribution in [0.1, 0.15) is 45.6 Å². The van der Waals surface area contributed by atoms with Crippen LogP contribution in [0.3, 0.4) is 0 Å². The van der Waals surface area contributed by atoms with Gasteiger partial charge in [-0.1, -0.05) is 36.3 Å². The fourth-order valence-electron chi connectivity index (χ4n) is 1.93. The quantitative estimate of drug-likeness (QED) is 0.525. The van der Waals surface area contributed by atoms with Crippen molar-refractivity contribution in [2.75, 3.05) is 6.61 Å². The minimum atomic E-state index is -3.62. The lowest BCUT2D eigenvalue weighted by atomic mass is 10.0. The molecule has 0 spiro atoms. The first-order chi connectivity index (χ1) is 9.81. The Morgan fingerprint density at radius 3 is 2.38 bits per heavy atom. The highest BCUT2D eigenvalue weighted by molar-refractivity contribution is 7.86. The molecule has 0 aromatic heterocycles. The Labute approximate surface area is 129 Å². The van der Waals surface area contributed by atoms with E-state index in [1.165, 1.54) is 5.57 Å². The molecule has 1 aromatic rings. The topological polar surface area (TPSA) is 43.4 Å². The fourth-order valence-corrected chi connectivity index (χ4v) is 2.85. The van der Waals surface area contributed by atoms with Gasteiger partial charge in [-0.2, -0.15) is 8.42 Å². The van der Waals surface area contributed by atoms with E-state index in [1.807, 2.05) is 6.92 Å². The summed E-state index contributed by atoms with van der Waals surface area (Å²) in [6.07, 6.45) is 5.05. The van der Waals surface area contributed by atoms with Crippen LogP contribution in [0.2, 0.25) is 0 Å². The highest BCUT2D eigenvalue weighted by atomic mass is 32.2. The first-order valence-corrected chi connectivity index (χ1v) is 8.81.